The molecule has 10 heteroatoms. The van der Waals surface area contributed by atoms with Crippen LogP contribution in [0.3, 0.4) is 0 Å². The maximum atomic E-state index is 13.1. The van der Waals surface area contributed by atoms with E-state index in [-0.39, 0.29) is 21.7 Å². The molecule has 1 aliphatic heterocycles. The van der Waals surface area contributed by atoms with Crippen LogP contribution in [0.1, 0.15) is 56.4 Å². The molecule has 31 heavy (non-hydrogen) atoms. The summed E-state index contributed by atoms with van der Waals surface area (Å²) >= 11 is 7.56. The molecule has 0 unspecified atom stereocenters. The van der Waals surface area contributed by atoms with Crippen molar-refractivity contribution in [1.29, 1.82) is 0 Å². The molecule has 1 aromatic heterocycles. The number of halogens is 1. The molecule has 0 spiro atoms. The lowest BCUT2D eigenvalue weighted by atomic mass is 10.0. The lowest BCUT2D eigenvalue weighted by molar-refractivity contribution is 0.102. The Labute approximate surface area is 193 Å². The number of benzene rings is 1. The number of hydrogen-bond acceptors (Lipinski definition) is 6. The van der Waals surface area contributed by atoms with Crippen molar-refractivity contribution in [2.75, 3.05) is 17.6 Å². The Balaban J connectivity index is 1.74. The van der Waals surface area contributed by atoms with Gasteiger partial charge < -0.3 is 5.32 Å². The van der Waals surface area contributed by atoms with Gasteiger partial charge in [0.2, 0.25) is 10.0 Å². The van der Waals surface area contributed by atoms with Crippen molar-refractivity contribution in [1.82, 2.24) is 14.3 Å². The molecular weight excluding hydrogens is 456 g/mol. The molecule has 0 bridgehead atoms. The molecule has 168 valence electrons. The number of nitrogens with zero attached hydrogens (tertiary/aromatic N) is 3. The van der Waals surface area contributed by atoms with E-state index in [1.54, 1.807) is 16.4 Å². The van der Waals surface area contributed by atoms with E-state index in [1.807, 2.05) is 13.8 Å². The van der Waals surface area contributed by atoms with Crippen molar-refractivity contribution in [2.24, 2.45) is 0 Å². The van der Waals surface area contributed by atoms with Crippen LogP contribution in [0, 0.1) is 0 Å². The molecule has 1 N–H and O–H groups in total. The van der Waals surface area contributed by atoms with Crippen molar-refractivity contribution in [3.63, 3.8) is 0 Å². The van der Waals surface area contributed by atoms with Crippen LogP contribution < -0.4 is 5.32 Å². The van der Waals surface area contributed by atoms with E-state index in [9.17, 15) is 13.2 Å². The molecule has 0 aliphatic carbocycles. The molecule has 1 fully saturated rings. The van der Waals surface area contributed by atoms with Crippen LogP contribution in [0.4, 0.5) is 5.69 Å². The minimum absolute atomic E-state index is 0.0396. The molecule has 0 radical (unpaired) electrons. The van der Waals surface area contributed by atoms with Crippen LogP contribution in [0.25, 0.3) is 0 Å². The van der Waals surface area contributed by atoms with Crippen molar-refractivity contribution in [3.8, 4) is 0 Å². The summed E-state index contributed by atoms with van der Waals surface area (Å²) in [4.78, 5) is 21.3. The third-order valence-corrected chi connectivity index (χ3v) is 8.45. The van der Waals surface area contributed by atoms with Gasteiger partial charge in [0.1, 0.15) is 0 Å². The summed E-state index contributed by atoms with van der Waals surface area (Å²) in [5.41, 5.74) is 0.554. The first kappa shape index (κ1) is 24.0. The lowest BCUT2D eigenvalue weighted by Gasteiger charge is -2.34. The summed E-state index contributed by atoms with van der Waals surface area (Å²) in [6, 6.07) is 6.25. The number of amides is 1. The molecule has 1 saturated heterocycles. The lowest BCUT2D eigenvalue weighted by Crippen LogP contribution is -2.43. The molecule has 1 atom stereocenters. The molecule has 2 heterocycles. The number of rotatable bonds is 8. The van der Waals surface area contributed by atoms with Gasteiger partial charge in [-0.05, 0) is 49.9 Å². The normalized spacial score (nSPS) is 17.5. The summed E-state index contributed by atoms with van der Waals surface area (Å²) in [5, 5.41) is 3.38. The van der Waals surface area contributed by atoms with Crippen LogP contribution >= 0.6 is 23.4 Å². The molecule has 7 nitrogen and oxygen atoms in total. The van der Waals surface area contributed by atoms with Crippen LogP contribution in [0.15, 0.2) is 40.5 Å². The Hall–Kier alpha value is -1.68. The van der Waals surface area contributed by atoms with Gasteiger partial charge in [0.15, 0.2) is 10.9 Å². The summed E-state index contributed by atoms with van der Waals surface area (Å²) in [7, 11) is -3.57. The van der Waals surface area contributed by atoms with Gasteiger partial charge in [-0.3, -0.25) is 4.79 Å². The van der Waals surface area contributed by atoms with Gasteiger partial charge in [0, 0.05) is 24.0 Å². The van der Waals surface area contributed by atoms with Crippen molar-refractivity contribution in [2.45, 2.75) is 62.0 Å². The fourth-order valence-corrected chi connectivity index (χ4v) is 6.12. The molecule has 1 aliphatic rings. The minimum Gasteiger partial charge on any atom is -0.321 e. The van der Waals surface area contributed by atoms with Crippen molar-refractivity contribution >= 4 is 45.0 Å². The van der Waals surface area contributed by atoms with Crippen molar-refractivity contribution < 1.29 is 13.2 Å². The molecule has 1 aromatic carbocycles. The number of piperidine rings is 1. The largest absolute Gasteiger partial charge is 0.321 e. The highest BCUT2D eigenvalue weighted by Crippen LogP contribution is 2.28. The van der Waals surface area contributed by atoms with Gasteiger partial charge >= 0.3 is 0 Å². The zero-order chi connectivity index (χ0) is 22.4. The number of anilines is 1. The second-order valence-electron chi connectivity index (χ2n) is 7.35. The monoisotopic (exact) mass is 482 g/mol. The summed E-state index contributed by atoms with van der Waals surface area (Å²) in [6.45, 7) is 4.61. The van der Waals surface area contributed by atoms with Gasteiger partial charge in [0.25, 0.3) is 5.91 Å². The summed E-state index contributed by atoms with van der Waals surface area (Å²) in [5.74, 6) is 0.373. The first-order valence-electron chi connectivity index (χ1n) is 10.5. The Morgan fingerprint density at radius 2 is 2.00 bits per heavy atom. The molecule has 3 rings (SSSR count). The summed E-state index contributed by atoms with van der Waals surface area (Å²) in [6.07, 6.45) is 6.00. The van der Waals surface area contributed by atoms with E-state index in [0.717, 1.165) is 37.9 Å². The Bertz CT molecular complexity index is 1020. The van der Waals surface area contributed by atoms with E-state index >= 15 is 0 Å². The number of hydrogen-bond donors (Lipinski definition) is 1. The smallest absolute Gasteiger partial charge is 0.275 e. The van der Waals surface area contributed by atoms with Gasteiger partial charge in [-0.2, -0.15) is 4.31 Å². The SMILES string of the molecule is CCCSc1ncc(Cl)c(C(=O)Nc2ccc(S(=O)(=O)N3CCCC[C@@H]3CC)cc2)n1. The predicted molar refractivity (Wildman–Crippen MR) is 124 cm³/mol. The number of aromatic nitrogens is 2. The van der Waals surface area contributed by atoms with Crippen LogP contribution in [0.5, 0.6) is 0 Å². The second-order valence-corrected chi connectivity index (χ2v) is 10.7. The third kappa shape index (κ3) is 5.77. The highest BCUT2D eigenvalue weighted by Gasteiger charge is 2.32. The standard InChI is InChI=1S/C21H27ClN4O3S2/c1-3-13-30-21-23-14-18(22)19(25-21)20(27)24-15-8-10-17(11-9-15)31(28,29)26-12-6-5-7-16(26)4-2/h8-11,14,16H,3-7,12-13H2,1-2H3,(H,24,27)/t16-/m0/s1. The minimum atomic E-state index is -3.57. The zero-order valence-electron chi connectivity index (χ0n) is 17.7. The number of sulfonamides is 1. The average Bonchev–Trinajstić information content (AvgIpc) is 2.78. The number of carbonyl (C=O) groups is 1. The van der Waals surface area contributed by atoms with Crippen LogP contribution in [-0.4, -0.2) is 46.9 Å². The Morgan fingerprint density at radius 3 is 2.68 bits per heavy atom. The van der Waals surface area contributed by atoms with E-state index in [1.165, 1.54) is 30.1 Å². The van der Waals surface area contributed by atoms with Gasteiger partial charge in [0.05, 0.1) is 16.1 Å². The van der Waals surface area contributed by atoms with E-state index < -0.39 is 15.9 Å². The summed E-state index contributed by atoms with van der Waals surface area (Å²) < 4.78 is 27.8. The molecule has 0 saturated carbocycles. The molecular formula is C21H27ClN4O3S2. The van der Waals surface area contributed by atoms with Crippen LogP contribution in [0.2, 0.25) is 5.02 Å². The predicted octanol–water partition coefficient (Wildman–Crippen LogP) is 4.84. The maximum Gasteiger partial charge on any atom is 0.275 e. The topological polar surface area (TPSA) is 92.3 Å². The second kappa shape index (κ2) is 10.8. The van der Waals surface area contributed by atoms with Gasteiger partial charge in [-0.25, -0.2) is 18.4 Å². The third-order valence-electron chi connectivity index (χ3n) is 5.14. The van der Waals surface area contributed by atoms with Gasteiger partial charge in [-0.15, -0.1) is 0 Å². The average molecular weight is 483 g/mol. The Kier molecular flexibility index (Phi) is 8.32. The Morgan fingerprint density at radius 1 is 1.26 bits per heavy atom. The zero-order valence-corrected chi connectivity index (χ0v) is 20.1. The molecule has 2 aromatic rings. The number of thioether (sulfide) groups is 1. The first-order valence-corrected chi connectivity index (χ1v) is 13.3. The van der Waals surface area contributed by atoms with E-state index in [2.05, 4.69) is 15.3 Å². The quantitative estimate of drug-likeness (QED) is 0.427. The maximum absolute atomic E-state index is 13.1. The number of carbonyl (C=O) groups excluding carboxylic acids is 1. The highest BCUT2D eigenvalue weighted by atomic mass is 35.5. The van der Waals surface area contributed by atoms with Crippen molar-refractivity contribution in [3.05, 3.63) is 41.2 Å². The first-order chi connectivity index (χ1) is 14.9. The van der Waals surface area contributed by atoms with E-state index in [0.29, 0.717) is 17.4 Å². The van der Waals surface area contributed by atoms with Gasteiger partial charge in [-0.1, -0.05) is 43.6 Å². The van der Waals surface area contributed by atoms with Crippen LogP contribution in [-0.2, 0) is 10.0 Å². The van der Waals surface area contributed by atoms with E-state index in [4.69, 9.17) is 11.6 Å². The number of nitrogens with one attached hydrogen (secondary N) is 1. The molecule has 1 amide bonds. The fraction of sp³-hybridized carbons (Fsp3) is 0.476. The fourth-order valence-electron chi connectivity index (χ4n) is 3.51. The highest BCUT2D eigenvalue weighted by molar-refractivity contribution is 7.99.